The molecule has 32 heavy (non-hydrogen) atoms. The number of amides is 1. The van der Waals surface area contributed by atoms with Crippen LogP contribution in [0.4, 0.5) is 20.2 Å². The molecule has 0 aromatic heterocycles. The van der Waals surface area contributed by atoms with E-state index in [2.05, 4.69) is 5.32 Å². The van der Waals surface area contributed by atoms with Crippen molar-refractivity contribution < 1.29 is 26.7 Å². The number of nitrogens with zero attached hydrogens (tertiary/aromatic N) is 1. The summed E-state index contributed by atoms with van der Waals surface area (Å²) >= 11 is 6.19. The number of benzene rings is 3. The fourth-order valence-electron chi connectivity index (χ4n) is 3.36. The first-order chi connectivity index (χ1) is 15.3. The molecule has 0 radical (unpaired) electrons. The minimum absolute atomic E-state index is 0.00204. The molecule has 166 valence electrons. The van der Waals surface area contributed by atoms with Crippen LogP contribution in [0.15, 0.2) is 65.6 Å². The Morgan fingerprint density at radius 1 is 1.06 bits per heavy atom. The standard InChI is InChI=1S/C22H17ClF2N2O4S/c23-17-12-16(32(29,30)27-10-9-14-3-1-2-4-20(14)27)6-8-21(17)31-13-22(28)26-15-5-7-18(24)19(25)11-15/h1-8,11-12H,9-10,13H2,(H,26,28). The number of para-hydroxylation sites is 1. The molecule has 0 saturated heterocycles. The summed E-state index contributed by atoms with van der Waals surface area (Å²) in [5.41, 5.74) is 1.66. The highest BCUT2D eigenvalue weighted by Gasteiger charge is 2.31. The molecule has 1 amide bonds. The Bertz CT molecular complexity index is 1300. The average molecular weight is 479 g/mol. The first-order valence-corrected chi connectivity index (χ1v) is 11.4. The maximum atomic E-state index is 13.2. The zero-order valence-electron chi connectivity index (χ0n) is 16.5. The number of hydrogen-bond donors (Lipinski definition) is 1. The quantitative estimate of drug-likeness (QED) is 0.570. The number of carbonyl (C=O) groups is 1. The van der Waals surface area contributed by atoms with Crippen LogP contribution in [-0.4, -0.2) is 27.5 Å². The molecule has 0 unspecified atom stereocenters. The van der Waals surface area contributed by atoms with Gasteiger partial charge in [-0.2, -0.15) is 0 Å². The lowest BCUT2D eigenvalue weighted by molar-refractivity contribution is -0.118. The molecule has 10 heteroatoms. The third-order valence-corrected chi connectivity index (χ3v) is 7.00. The fraction of sp³-hybridized carbons (Fsp3) is 0.136. The number of hydrogen-bond acceptors (Lipinski definition) is 4. The van der Waals surface area contributed by atoms with Crippen molar-refractivity contribution in [3.8, 4) is 5.75 Å². The Hall–Kier alpha value is -3.17. The van der Waals surface area contributed by atoms with Gasteiger partial charge >= 0.3 is 0 Å². The van der Waals surface area contributed by atoms with Crippen molar-refractivity contribution in [3.63, 3.8) is 0 Å². The van der Waals surface area contributed by atoms with E-state index in [0.717, 1.165) is 17.7 Å². The number of nitrogens with one attached hydrogen (secondary N) is 1. The summed E-state index contributed by atoms with van der Waals surface area (Å²) in [5, 5.41) is 2.38. The number of anilines is 2. The molecule has 4 rings (SSSR count). The molecule has 0 atom stereocenters. The molecule has 0 saturated carbocycles. The summed E-state index contributed by atoms with van der Waals surface area (Å²) in [6.07, 6.45) is 0.622. The van der Waals surface area contributed by atoms with Gasteiger partial charge in [0, 0.05) is 18.3 Å². The second-order valence-electron chi connectivity index (χ2n) is 7.01. The zero-order chi connectivity index (χ0) is 22.9. The number of carbonyl (C=O) groups excluding carboxylic acids is 1. The van der Waals surface area contributed by atoms with Gasteiger partial charge in [-0.3, -0.25) is 9.10 Å². The van der Waals surface area contributed by atoms with Crippen LogP contribution in [0.3, 0.4) is 0 Å². The van der Waals surface area contributed by atoms with Gasteiger partial charge < -0.3 is 10.1 Å². The summed E-state index contributed by atoms with van der Waals surface area (Å²) in [6, 6.07) is 14.2. The predicted molar refractivity (Wildman–Crippen MR) is 117 cm³/mol. The van der Waals surface area contributed by atoms with E-state index >= 15 is 0 Å². The number of rotatable bonds is 6. The second kappa shape index (κ2) is 8.76. The smallest absolute Gasteiger partial charge is 0.264 e. The van der Waals surface area contributed by atoms with E-state index in [-0.39, 0.29) is 21.4 Å². The van der Waals surface area contributed by atoms with E-state index in [9.17, 15) is 22.0 Å². The van der Waals surface area contributed by atoms with E-state index in [1.165, 1.54) is 28.6 Å². The van der Waals surface area contributed by atoms with Gasteiger partial charge in [0.25, 0.3) is 15.9 Å². The highest BCUT2D eigenvalue weighted by Crippen LogP contribution is 2.35. The normalized spacial score (nSPS) is 13.0. The Labute approximate surface area is 188 Å². The molecule has 0 bridgehead atoms. The number of fused-ring (bicyclic) bond motifs is 1. The molecular weight excluding hydrogens is 462 g/mol. The zero-order valence-corrected chi connectivity index (χ0v) is 18.1. The van der Waals surface area contributed by atoms with E-state index < -0.39 is 34.2 Å². The summed E-state index contributed by atoms with van der Waals surface area (Å²) in [5.74, 6) is -2.65. The third-order valence-electron chi connectivity index (χ3n) is 4.90. The third kappa shape index (κ3) is 4.39. The first kappa shape index (κ1) is 22.0. The Balaban J connectivity index is 1.44. The molecule has 1 aliphatic rings. The van der Waals surface area contributed by atoms with Crippen LogP contribution in [0, 0.1) is 11.6 Å². The average Bonchev–Trinajstić information content (AvgIpc) is 3.20. The van der Waals surface area contributed by atoms with Crippen LogP contribution in [-0.2, 0) is 21.2 Å². The van der Waals surface area contributed by atoms with Crippen LogP contribution >= 0.6 is 11.6 Å². The van der Waals surface area contributed by atoms with Gasteiger partial charge in [-0.05, 0) is 48.4 Å². The first-order valence-electron chi connectivity index (χ1n) is 9.53. The van der Waals surface area contributed by atoms with Crippen molar-refractivity contribution in [3.05, 3.63) is 82.9 Å². The second-order valence-corrected chi connectivity index (χ2v) is 9.28. The summed E-state index contributed by atoms with van der Waals surface area (Å²) < 4.78 is 59.1. The van der Waals surface area contributed by atoms with E-state index in [1.54, 1.807) is 12.1 Å². The lowest BCUT2D eigenvalue weighted by Gasteiger charge is -2.20. The number of ether oxygens (including phenoxy) is 1. The minimum atomic E-state index is -3.82. The largest absolute Gasteiger partial charge is 0.482 e. The highest BCUT2D eigenvalue weighted by molar-refractivity contribution is 7.92. The van der Waals surface area contributed by atoms with E-state index in [1.807, 2.05) is 12.1 Å². The maximum Gasteiger partial charge on any atom is 0.264 e. The van der Waals surface area contributed by atoms with Crippen molar-refractivity contribution in [2.24, 2.45) is 0 Å². The van der Waals surface area contributed by atoms with Crippen LogP contribution < -0.4 is 14.4 Å². The summed E-state index contributed by atoms with van der Waals surface area (Å²) in [6.45, 7) is -0.133. The van der Waals surface area contributed by atoms with Crippen molar-refractivity contribution in [2.75, 3.05) is 22.8 Å². The molecule has 0 aliphatic carbocycles. The van der Waals surface area contributed by atoms with E-state index in [0.29, 0.717) is 18.7 Å². The van der Waals surface area contributed by atoms with Gasteiger partial charge in [0.2, 0.25) is 0 Å². The predicted octanol–water partition coefficient (Wildman–Crippen LogP) is 4.39. The molecule has 6 nitrogen and oxygen atoms in total. The molecule has 3 aromatic carbocycles. The molecule has 3 aromatic rings. The van der Waals surface area contributed by atoms with Crippen molar-refractivity contribution in [2.45, 2.75) is 11.3 Å². The highest BCUT2D eigenvalue weighted by atomic mass is 35.5. The lowest BCUT2D eigenvalue weighted by atomic mass is 10.2. The number of halogens is 3. The lowest BCUT2D eigenvalue weighted by Crippen LogP contribution is -2.29. The maximum absolute atomic E-state index is 13.2. The Morgan fingerprint density at radius 2 is 1.84 bits per heavy atom. The molecule has 1 heterocycles. The molecular formula is C22H17ClF2N2O4S. The van der Waals surface area contributed by atoms with E-state index in [4.69, 9.17) is 16.3 Å². The Morgan fingerprint density at radius 3 is 2.59 bits per heavy atom. The van der Waals surface area contributed by atoms with Crippen LogP contribution in [0.1, 0.15) is 5.56 Å². The molecule has 1 N–H and O–H groups in total. The van der Waals surface area contributed by atoms with Crippen molar-refractivity contribution >= 4 is 38.9 Å². The van der Waals surface area contributed by atoms with Gasteiger partial charge in [-0.25, -0.2) is 17.2 Å². The fourth-order valence-corrected chi connectivity index (χ4v) is 5.19. The molecule has 0 fully saturated rings. The van der Waals surface area contributed by atoms with Gasteiger partial charge in [-0.1, -0.05) is 29.8 Å². The van der Waals surface area contributed by atoms with Crippen molar-refractivity contribution in [1.29, 1.82) is 0 Å². The Kier molecular flexibility index (Phi) is 6.03. The molecule has 1 aliphatic heterocycles. The van der Waals surface area contributed by atoms with Crippen LogP contribution in [0.5, 0.6) is 5.75 Å². The van der Waals surface area contributed by atoms with Crippen molar-refractivity contribution in [1.82, 2.24) is 0 Å². The topological polar surface area (TPSA) is 75.7 Å². The van der Waals surface area contributed by atoms with Gasteiger partial charge in [0.05, 0.1) is 15.6 Å². The monoisotopic (exact) mass is 478 g/mol. The molecule has 0 spiro atoms. The minimum Gasteiger partial charge on any atom is -0.482 e. The van der Waals surface area contributed by atoms with Crippen LogP contribution in [0.2, 0.25) is 5.02 Å². The number of sulfonamides is 1. The summed E-state index contributed by atoms with van der Waals surface area (Å²) in [7, 11) is -3.82. The van der Waals surface area contributed by atoms with Gasteiger partial charge in [0.15, 0.2) is 18.2 Å². The van der Waals surface area contributed by atoms with Gasteiger partial charge in [0.1, 0.15) is 5.75 Å². The van der Waals surface area contributed by atoms with Crippen LogP contribution in [0.25, 0.3) is 0 Å². The van der Waals surface area contributed by atoms with Gasteiger partial charge in [-0.15, -0.1) is 0 Å². The SMILES string of the molecule is O=C(COc1ccc(S(=O)(=O)N2CCc3ccccc32)cc1Cl)Nc1ccc(F)c(F)c1. The summed E-state index contributed by atoms with van der Waals surface area (Å²) in [4.78, 5) is 12.0.